The molecule has 116 valence electrons. The summed E-state index contributed by atoms with van der Waals surface area (Å²) in [6, 6.07) is 1.70. The highest BCUT2D eigenvalue weighted by atomic mass is 19.1. The second-order valence-corrected chi connectivity index (χ2v) is 6.30. The summed E-state index contributed by atoms with van der Waals surface area (Å²) in [5.41, 5.74) is 2.21. The van der Waals surface area contributed by atoms with E-state index in [9.17, 15) is 4.39 Å². The molecule has 3 heterocycles. The maximum Gasteiger partial charge on any atom is 0.141 e. The average molecular weight is 292 g/mol. The first kappa shape index (κ1) is 14.9. The number of nitrogens with one attached hydrogen (secondary N) is 1. The summed E-state index contributed by atoms with van der Waals surface area (Å²) in [7, 11) is 2.15. The lowest BCUT2D eigenvalue weighted by Gasteiger charge is -2.33. The number of nitrogens with zero attached hydrogens (tertiary/aromatic N) is 3. The van der Waals surface area contributed by atoms with Gasteiger partial charge in [0.2, 0.25) is 0 Å². The molecule has 1 aromatic rings. The summed E-state index contributed by atoms with van der Waals surface area (Å²) in [6.07, 6.45) is 3.59. The fourth-order valence-electron chi connectivity index (χ4n) is 3.33. The first-order valence-corrected chi connectivity index (χ1v) is 7.98. The first-order valence-electron chi connectivity index (χ1n) is 7.98. The summed E-state index contributed by atoms with van der Waals surface area (Å²) in [5, 5.41) is 3.38. The summed E-state index contributed by atoms with van der Waals surface area (Å²) < 4.78 is 13.6. The molecule has 0 saturated carbocycles. The molecule has 5 heteroatoms. The molecule has 3 rings (SSSR count). The molecule has 0 spiro atoms. The highest BCUT2D eigenvalue weighted by Crippen LogP contribution is 2.27. The standard InChI is InChI=1S/C16H25FN4/c1-20-6-8-21(9-7-20)12-14-10-15(17)11-19-16(14)13-2-4-18-5-3-13/h10-11,13,18H,2-9,12H2,1H3. The predicted molar refractivity (Wildman–Crippen MR) is 81.8 cm³/mol. The number of hydrogen-bond acceptors (Lipinski definition) is 4. The molecule has 1 aromatic heterocycles. The molecule has 2 aliphatic heterocycles. The molecule has 4 nitrogen and oxygen atoms in total. The van der Waals surface area contributed by atoms with Gasteiger partial charge in [-0.25, -0.2) is 4.39 Å². The highest BCUT2D eigenvalue weighted by Gasteiger charge is 2.22. The molecule has 0 atom stereocenters. The molecule has 0 aliphatic carbocycles. The van der Waals surface area contributed by atoms with Gasteiger partial charge in [-0.15, -0.1) is 0 Å². The summed E-state index contributed by atoms with van der Waals surface area (Å²) >= 11 is 0. The van der Waals surface area contributed by atoms with E-state index in [4.69, 9.17) is 0 Å². The van der Waals surface area contributed by atoms with Gasteiger partial charge in [-0.1, -0.05) is 0 Å². The molecule has 2 aliphatic rings. The van der Waals surface area contributed by atoms with Crippen LogP contribution in [0, 0.1) is 5.82 Å². The number of rotatable bonds is 3. The highest BCUT2D eigenvalue weighted by molar-refractivity contribution is 5.25. The molecular formula is C16H25FN4. The zero-order valence-electron chi connectivity index (χ0n) is 12.8. The molecule has 0 radical (unpaired) electrons. The Morgan fingerprint density at radius 2 is 1.95 bits per heavy atom. The van der Waals surface area contributed by atoms with Crippen molar-refractivity contribution < 1.29 is 4.39 Å². The van der Waals surface area contributed by atoms with E-state index in [0.29, 0.717) is 5.92 Å². The molecule has 0 amide bonds. The zero-order valence-corrected chi connectivity index (χ0v) is 12.8. The van der Waals surface area contributed by atoms with E-state index in [1.807, 2.05) is 0 Å². The predicted octanol–water partition coefficient (Wildman–Crippen LogP) is 1.44. The van der Waals surface area contributed by atoms with E-state index in [2.05, 4.69) is 27.1 Å². The second kappa shape index (κ2) is 6.81. The van der Waals surface area contributed by atoms with Crippen molar-refractivity contribution in [3.05, 3.63) is 29.3 Å². The van der Waals surface area contributed by atoms with Crippen LogP contribution in [0.3, 0.4) is 0 Å². The number of pyridine rings is 1. The average Bonchev–Trinajstić information content (AvgIpc) is 2.51. The smallest absolute Gasteiger partial charge is 0.141 e. The number of likely N-dealkylation sites (N-methyl/N-ethyl adjacent to an activating group) is 1. The van der Waals surface area contributed by atoms with E-state index in [-0.39, 0.29) is 5.82 Å². The Hall–Kier alpha value is -1.04. The molecule has 1 N–H and O–H groups in total. The van der Waals surface area contributed by atoms with Gasteiger partial charge >= 0.3 is 0 Å². The van der Waals surface area contributed by atoms with Gasteiger partial charge < -0.3 is 10.2 Å². The Morgan fingerprint density at radius 3 is 2.67 bits per heavy atom. The third-order valence-electron chi connectivity index (χ3n) is 4.68. The fourth-order valence-corrected chi connectivity index (χ4v) is 3.33. The Balaban J connectivity index is 1.74. The first-order chi connectivity index (χ1) is 10.2. The zero-order chi connectivity index (χ0) is 14.7. The van der Waals surface area contributed by atoms with Crippen LogP contribution in [0.25, 0.3) is 0 Å². The quantitative estimate of drug-likeness (QED) is 0.913. The summed E-state index contributed by atoms with van der Waals surface area (Å²) in [4.78, 5) is 9.20. The second-order valence-electron chi connectivity index (χ2n) is 6.30. The Bertz CT molecular complexity index is 465. The van der Waals surface area contributed by atoms with Crippen LogP contribution in [-0.2, 0) is 6.54 Å². The molecule has 21 heavy (non-hydrogen) atoms. The van der Waals surface area contributed by atoms with E-state index >= 15 is 0 Å². The van der Waals surface area contributed by atoms with Crippen LogP contribution in [0.2, 0.25) is 0 Å². The van der Waals surface area contributed by atoms with E-state index in [0.717, 1.165) is 69.9 Å². The van der Waals surface area contributed by atoms with Crippen molar-refractivity contribution in [1.82, 2.24) is 20.1 Å². The van der Waals surface area contributed by atoms with Crippen LogP contribution in [0.15, 0.2) is 12.3 Å². The van der Waals surface area contributed by atoms with Crippen LogP contribution >= 0.6 is 0 Å². The number of aromatic nitrogens is 1. The molecule has 2 saturated heterocycles. The number of halogens is 1. The third kappa shape index (κ3) is 3.78. The lowest BCUT2D eigenvalue weighted by Crippen LogP contribution is -2.44. The van der Waals surface area contributed by atoms with Crippen molar-refractivity contribution in [3.8, 4) is 0 Å². The van der Waals surface area contributed by atoms with Gasteiger partial charge in [0.1, 0.15) is 5.82 Å². The van der Waals surface area contributed by atoms with Crippen LogP contribution in [0.1, 0.15) is 30.0 Å². The van der Waals surface area contributed by atoms with E-state index in [1.54, 1.807) is 6.07 Å². The van der Waals surface area contributed by atoms with Crippen LogP contribution in [-0.4, -0.2) is 61.1 Å². The van der Waals surface area contributed by atoms with Gasteiger partial charge in [0.05, 0.1) is 6.20 Å². The minimum atomic E-state index is -0.211. The van der Waals surface area contributed by atoms with Gasteiger partial charge in [-0.05, 0) is 44.6 Å². The third-order valence-corrected chi connectivity index (χ3v) is 4.68. The summed E-state index contributed by atoms with van der Waals surface area (Å²) in [5.74, 6) is 0.270. The minimum Gasteiger partial charge on any atom is -0.317 e. The van der Waals surface area contributed by atoms with E-state index < -0.39 is 0 Å². The van der Waals surface area contributed by atoms with Crippen LogP contribution in [0.4, 0.5) is 4.39 Å². The number of piperazine rings is 1. The molecular weight excluding hydrogens is 267 g/mol. The Morgan fingerprint density at radius 1 is 1.24 bits per heavy atom. The van der Waals surface area contributed by atoms with Gasteiger partial charge in [-0.2, -0.15) is 0 Å². The number of hydrogen-bond donors (Lipinski definition) is 1. The molecule has 0 unspecified atom stereocenters. The van der Waals surface area contributed by atoms with E-state index in [1.165, 1.54) is 6.20 Å². The van der Waals surface area contributed by atoms with Crippen molar-refractivity contribution in [1.29, 1.82) is 0 Å². The maximum absolute atomic E-state index is 13.6. The maximum atomic E-state index is 13.6. The number of piperidine rings is 1. The topological polar surface area (TPSA) is 31.4 Å². The van der Waals surface area contributed by atoms with Crippen molar-refractivity contribution in [3.63, 3.8) is 0 Å². The van der Waals surface area contributed by atoms with Crippen molar-refractivity contribution in [2.24, 2.45) is 0 Å². The van der Waals surface area contributed by atoms with Crippen molar-refractivity contribution in [2.75, 3.05) is 46.3 Å². The largest absolute Gasteiger partial charge is 0.317 e. The Kier molecular flexibility index (Phi) is 4.83. The monoisotopic (exact) mass is 292 g/mol. The van der Waals surface area contributed by atoms with Crippen LogP contribution < -0.4 is 5.32 Å². The van der Waals surface area contributed by atoms with Crippen molar-refractivity contribution in [2.45, 2.75) is 25.3 Å². The van der Waals surface area contributed by atoms with Gasteiger partial charge in [-0.3, -0.25) is 9.88 Å². The minimum absolute atomic E-state index is 0.211. The van der Waals surface area contributed by atoms with Gasteiger partial charge in [0.15, 0.2) is 0 Å². The normalized spacial score (nSPS) is 22.6. The summed E-state index contributed by atoms with van der Waals surface area (Å²) in [6.45, 7) is 7.20. The van der Waals surface area contributed by atoms with Gasteiger partial charge in [0, 0.05) is 44.3 Å². The lowest BCUT2D eigenvalue weighted by atomic mass is 9.91. The SMILES string of the molecule is CN1CCN(Cc2cc(F)cnc2C2CCNCC2)CC1. The van der Waals surface area contributed by atoms with Gasteiger partial charge in [0.25, 0.3) is 0 Å². The van der Waals surface area contributed by atoms with Crippen LogP contribution in [0.5, 0.6) is 0 Å². The fraction of sp³-hybridized carbons (Fsp3) is 0.688. The Labute approximate surface area is 126 Å². The van der Waals surface area contributed by atoms with Crippen molar-refractivity contribution >= 4 is 0 Å². The molecule has 0 bridgehead atoms. The lowest BCUT2D eigenvalue weighted by molar-refractivity contribution is 0.147. The molecule has 2 fully saturated rings. The molecule has 0 aromatic carbocycles.